The van der Waals surface area contributed by atoms with Crippen LogP contribution < -0.4 is 10.9 Å². The van der Waals surface area contributed by atoms with Crippen molar-refractivity contribution in [3.05, 3.63) is 63.6 Å². The second-order valence-corrected chi connectivity index (χ2v) is 7.46. The molecule has 28 heavy (non-hydrogen) atoms. The molecule has 1 fully saturated rings. The number of H-pyrrole nitrogens is 1. The highest BCUT2D eigenvalue weighted by molar-refractivity contribution is 5.78. The van der Waals surface area contributed by atoms with Gasteiger partial charge in [-0.1, -0.05) is 31.0 Å². The van der Waals surface area contributed by atoms with Gasteiger partial charge in [0.15, 0.2) is 0 Å². The molecule has 0 bridgehead atoms. The average Bonchev–Trinajstić information content (AvgIpc) is 3.28. The zero-order valence-electron chi connectivity index (χ0n) is 15.7. The van der Waals surface area contributed by atoms with Gasteiger partial charge in [-0.05, 0) is 31.4 Å². The first-order valence-corrected chi connectivity index (χ1v) is 9.44. The Morgan fingerprint density at radius 1 is 1.29 bits per heavy atom. The van der Waals surface area contributed by atoms with Gasteiger partial charge in [0.2, 0.25) is 5.91 Å². The van der Waals surface area contributed by atoms with E-state index in [1.807, 2.05) is 12.1 Å². The largest absolute Gasteiger partial charge is 0.355 e. The van der Waals surface area contributed by atoms with Gasteiger partial charge in [-0.2, -0.15) is 9.50 Å². The first-order chi connectivity index (χ1) is 13.5. The number of rotatable bonds is 5. The minimum absolute atomic E-state index is 0.00476. The fraction of sp³-hybridized carbons (Fsp3) is 0.400. The Labute approximate surface area is 161 Å². The van der Waals surface area contributed by atoms with Crippen LogP contribution in [0.2, 0.25) is 0 Å². The van der Waals surface area contributed by atoms with E-state index in [9.17, 15) is 14.0 Å². The van der Waals surface area contributed by atoms with E-state index in [2.05, 4.69) is 20.4 Å². The molecule has 3 aromatic rings. The van der Waals surface area contributed by atoms with Crippen molar-refractivity contribution in [1.29, 1.82) is 0 Å². The van der Waals surface area contributed by atoms with E-state index in [0.29, 0.717) is 23.6 Å². The normalized spacial score (nSPS) is 15.8. The van der Waals surface area contributed by atoms with Crippen molar-refractivity contribution in [2.45, 2.75) is 44.4 Å². The van der Waals surface area contributed by atoms with Crippen molar-refractivity contribution in [3.63, 3.8) is 0 Å². The first-order valence-electron chi connectivity index (χ1n) is 9.44. The predicted octanol–water partition coefficient (Wildman–Crippen LogP) is 2.04. The minimum atomic E-state index is -0.371. The van der Waals surface area contributed by atoms with E-state index in [0.717, 1.165) is 25.7 Å². The van der Waals surface area contributed by atoms with Crippen LogP contribution in [0.25, 0.3) is 5.78 Å². The molecule has 0 radical (unpaired) electrons. The molecule has 1 aromatic carbocycles. The number of aromatic amines is 1. The van der Waals surface area contributed by atoms with E-state index < -0.39 is 0 Å². The van der Waals surface area contributed by atoms with E-state index in [1.54, 1.807) is 13.0 Å². The van der Waals surface area contributed by atoms with Crippen LogP contribution in [0.15, 0.2) is 35.1 Å². The molecule has 1 aliphatic rings. The number of hydrogen-bond donors (Lipinski definition) is 2. The van der Waals surface area contributed by atoms with Crippen molar-refractivity contribution < 1.29 is 9.18 Å². The summed E-state index contributed by atoms with van der Waals surface area (Å²) in [6, 6.07) is 8.19. The number of carbonyl (C=O) groups is 1. The Morgan fingerprint density at radius 2 is 2.04 bits per heavy atom. The molecule has 0 spiro atoms. The number of amides is 1. The topological polar surface area (TPSA) is 92.1 Å². The molecule has 1 aliphatic carbocycles. The Balaban J connectivity index is 1.48. The number of nitrogens with zero attached hydrogens (tertiary/aromatic N) is 3. The monoisotopic (exact) mass is 383 g/mol. The summed E-state index contributed by atoms with van der Waals surface area (Å²) < 4.78 is 15.6. The van der Waals surface area contributed by atoms with Crippen molar-refractivity contribution in [1.82, 2.24) is 24.9 Å². The molecule has 146 valence electrons. The number of carbonyl (C=O) groups excluding carboxylic acids is 1. The Hall–Kier alpha value is -3.03. The van der Waals surface area contributed by atoms with Crippen molar-refractivity contribution >= 4 is 11.7 Å². The lowest BCUT2D eigenvalue weighted by molar-refractivity contribution is -0.120. The number of fused-ring (bicyclic) bond motifs is 1. The van der Waals surface area contributed by atoms with Crippen LogP contribution in [0.1, 0.15) is 42.8 Å². The molecule has 0 aliphatic heterocycles. The molecular formula is C20H22FN5O2. The summed E-state index contributed by atoms with van der Waals surface area (Å²) in [5.74, 6) is 0.147. The number of aromatic nitrogens is 4. The van der Waals surface area contributed by atoms with Gasteiger partial charge in [0, 0.05) is 23.7 Å². The van der Waals surface area contributed by atoms with Gasteiger partial charge in [-0.15, -0.1) is 0 Å². The van der Waals surface area contributed by atoms with Crippen LogP contribution in [0.4, 0.5) is 4.39 Å². The molecule has 7 nitrogen and oxygen atoms in total. The highest BCUT2D eigenvalue weighted by Gasteiger charge is 2.37. The molecule has 0 unspecified atom stereocenters. The lowest BCUT2D eigenvalue weighted by atomic mass is 9.78. The van der Waals surface area contributed by atoms with Crippen molar-refractivity contribution in [2.75, 3.05) is 6.54 Å². The Kier molecular flexibility index (Phi) is 4.70. The summed E-state index contributed by atoms with van der Waals surface area (Å²) in [7, 11) is 0. The molecule has 4 rings (SSSR count). The molecule has 1 amide bonds. The molecular weight excluding hydrogens is 361 g/mol. The van der Waals surface area contributed by atoms with Crippen LogP contribution in [0, 0.1) is 12.7 Å². The Bertz CT molecular complexity index is 1080. The molecule has 2 N–H and O–H groups in total. The summed E-state index contributed by atoms with van der Waals surface area (Å²) in [6.45, 7) is 2.09. The summed E-state index contributed by atoms with van der Waals surface area (Å²) in [5, 5.41) is 5.75. The van der Waals surface area contributed by atoms with Crippen molar-refractivity contribution in [2.24, 2.45) is 0 Å². The quantitative estimate of drug-likeness (QED) is 0.705. The van der Waals surface area contributed by atoms with Crippen LogP contribution in [0.5, 0.6) is 0 Å². The van der Waals surface area contributed by atoms with Crippen LogP contribution >= 0.6 is 0 Å². The van der Waals surface area contributed by atoms with Gasteiger partial charge in [0.05, 0.1) is 6.42 Å². The summed E-state index contributed by atoms with van der Waals surface area (Å²) in [6.07, 6.45) is 3.72. The number of aryl methyl sites for hydroxylation is 1. The molecule has 0 saturated heterocycles. The lowest BCUT2D eigenvalue weighted by Crippen LogP contribution is -2.40. The van der Waals surface area contributed by atoms with Gasteiger partial charge >= 0.3 is 0 Å². The fourth-order valence-corrected chi connectivity index (χ4v) is 4.08. The third kappa shape index (κ3) is 3.42. The molecule has 8 heteroatoms. The third-order valence-corrected chi connectivity index (χ3v) is 5.46. The van der Waals surface area contributed by atoms with Crippen molar-refractivity contribution in [3.8, 4) is 0 Å². The minimum Gasteiger partial charge on any atom is -0.355 e. The van der Waals surface area contributed by atoms with Gasteiger partial charge in [-0.3, -0.25) is 14.7 Å². The summed E-state index contributed by atoms with van der Waals surface area (Å²) in [4.78, 5) is 32.8. The SMILES string of the molecule is Cc1cc(=O)n2[nH]c(CC(=O)NCC3(c4ccccc4F)CCCC3)nc2n1. The molecule has 1 saturated carbocycles. The predicted molar refractivity (Wildman–Crippen MR) is 102 cm³/mol. The molecule has 2 heterocycles. The van der Waals surface area contributed by atoms with E-state index in [4.69, 9.17) is 0 Å². The summed E-state index contributed by atoms with van der Waals surface area (Å²) >= 11 is 0. The molecule has 0 atom stereocenters. The van der Waals surface area contributed by atoms with E-state index in [-0.39, 0.29) is 34.9 Å². The maximum atomic E-state index is 14.4. The average molecular weight is 383 g/mol. The highest BCUT2D eigenvalue weighted by atomic mass is 19.1. The van der Waals surface area contributed by atoms with E-state index >= 15 is 0 Å². The standard InChI is InChI=1S/C20H22FN5O2/c1-13-10-18(28)26-19(23-13)24-16(25-26)11-17(27)22-12-20(8-4-5-9-20)14-6-2-3-7-15(14)21/h2-3,6-7,10H,4-5,8-9,11-12H2,1H3,(H,22,27)(H,23,24,25). The molecule has 2 aromatic heterocycles. The maximum absolute atomic E-state index is 14.4. The Morgan fingerprint density at radius 3 is 2.79 bits per heavy atom. The van der Waals surface area contributed by atoms with Gasteiger partial charge in [-0.25, -0.2) is 9.37 Å². The van der Waals surface area contributed by atoms with Gasteiger partial charge < -0.3 is 5.32 Å². The van der Waals surface area contributed by atoms with Crippen LogP contribution in [-0.2, 0) is 16.6 Å². The number of halogens is 1. The maximum Gasteiger partial charge on any atom is 0.274 e. The third-order valence-electron chi connectivity index (χ3n) is 5.46. The van der Waals surface area contributed by atoms with Gasteiger partial charge in [0.25, 0.3) is 11.3 Å². The zero-order valence-corrected chi connectivity index (χ0v) is 15.7. The number of hydrogen-bond acceptors (Lipinski definition) is 4. The second kappa shape index (κ2) is 7.18. The smallest absolute Gasteiger partial charge is 0.274 e. The number of nitrogens with one attached hydrogen (secondary N) is 2. The second-order valence-electron chi connectivity index (χ2n) is 7.46. The summed E-state index contributed by atoms with van der Waals surface area (Å²) in [5.41, 5.74) is 0.597. The zero-order chi connectivity index (χ0) is 19.7. The first kappa shape index (κ1) is 18.3. The van der Waals surface area contributed by atoms with E-state index in [1.165, 1.54) is 16.6 Å². The van der Waals surface area contributed by atoms with Gasteiger partial charge in [0.1, 0.15) is 11.6 Å². The van der Waals surface area contributed by atoms with Crippen LogP contribution in [0.3, 0.4) is 0 Å². The number of benzene rings is 1. The fourth-order valence-electron chi connectivity index (χ4n) is 4.08. The lowest BCUT2D eigenvalue weighted by Gasteiger charge is -2.30. The highest BCUT2D eigenvalue weighted by Crippen LogP contribution is 2.41. The van der Waals surface area contributed by atoms with Crippen LogP contribution in [-0.4, -0.2) is 32.0 Å².